The zero-order valence-electron chi connectivity index (χ0n) is 29.1. The summed E-state index contributed by atoms with van der Waals surface area (Å²) in [5.41, 5.74) is 4.99. The van der Waals surface area contributed by atoms with Crippen molar-refractivity contribution < 1.29 is 19.5 Å². The highest BCUT2D eigenvalue weighted by Crippen LogP contribution is 2.29. The van der Waals surface area contributed by atoms with E-state index in [9.17, 15) is 19.5 Å². The number of aliphatic hydroxyl groups excluding tert-OH is 1. The maximum Gasteiger partial charge on any atom is 0.276 e. The number of nitrogens with one attached hydrogen (secondary N) is 1. The first-order chi connectivity index (χ1) is 24.2. The molecule has 2 N–H and O–H groups in total. The van der Waals surface area contributed by atoms with Gasteiger partial charge in [-0.3, -0.25) is 14.4 Å². The van der Waals surface area contributed by atoms with Crippen molar-refractivity contribution in [2.24, 2.45) is 7.05 Å². The summed E-state index contributed by atoms with van der Waals surface area (Å²) in [6.45, 7) is 7.46. The number of nitrogens with zero attached hydrogens (tertiary/aromatic N) is 7. The van der Waals surface area contributed by atoms with Gasteiger partial charge in [-0.15, -0.1) is 0 Å². The van der Waals surface area contributed by atoms with E-state index in [1.165, 1.54) is 0 Å². The maximum atomic E-state index is 14.6. The van der Waals surface area contributed by atoms with Gasteiger partial charge < -0.3 is 20.2 Å². The molecule has 3 aromatic heterocycles. The second-order valence-electron chi connectivity index (χ2n) is 12.9. The molecule has 12 nitrogen and oxygen atoms in total. The number of hydrogen-bond acceptors (Lipinski definition) is 7. The van der Waals surface area contributed by atoms with Crippen LogP contribution in [0.25, 0.3) is 16.7 Å². The van der Waals surface area contributed by atoms with Gasteiger partial charge in [0.15, 0.2) is 17.0 Å². The first kappa shape index (κ1) is 34.5. The van der Waals surface area contributed by atoms with Crippen LogP contribution in [0, 0.1) is 6.92 Å². The minimum absolute atomic E-state index is 0.143. The number of aryl methyl sites for hydroxylation is 2. The number of hydrogen-bond donors (Lipinski definition) is 2. The van der Waals surface area contributed by atoms with Gasteiger partial charge in [0.2, 0.25) is 0 Å². The van der Waals surface area contributed by atoms with Crippen LogP contribution in [-0.4, -0.2) is 82.9 Å². The van der Waals surface area contributed by atoms with Gasteiger partial charge in [-0.05, 0) is 73.7 Å². The number of aromatic nitrogens is 5. The van der Waals surface area contributed by atoms with Crippen molar-refractivity contribution in [3.8, 4) is 5.69 Å². The van der Waals surface area contributed by atoms with Crippen molar-refractivity contribution >= 4 is 34.4 Å². The number of aliphatic hydroxyl groups is 1. The van der Waals surface area contributed by atoms with Crippen molar-refractivity contribution in [1.29, 1.82) is 0 Å². The van der Waals surface area contributed by atoms with Crippen molar-refractivity contribution in [1.82, 2.24) is 34.3 Å². The predicted octanol–water partition coefficient (Wildman–Crippen LogP) is 5.32. The summed E-state index contributed by atoms with van der Waals surface area (Å²) < 4.78 is 3.17. The molecule has 1 unspecified atom stereocenters. The molecule has 3 amide bonds. The number of rotatable bonds is 12. The van der Waals surface area contributed by atoms with E-state index in [-0.39, 0.29) is 29.7 Å². The molecule has 5 aromatic rings. The molecule has 0 aliphatic carbocycles. The van der Waals surface area contributed by atoms with Crippen LogP contribution in [-0.2, 0) is 20.0 Å². The highest BCUT2D eigenvalue weighted by Gasteiger charge is 2.32. The number of fused-ring (bicyclic) bond motifs is 2. The number of carbonyl (C=O) groups excluding carboxylic acids is 3. The molecule has 4 heterocycles. The van der Waals surface area contributed by atoms with E-state index in [1.807, 2.05) is 36.1 Å². The Hall–Kier alpha value is -5.36. The minimum Gasteiger partial charge on any atom is -0.394 e. The molecule has 0 fully saturated rings. The Labute approximate surface area is 291 Å². The molecule has 0 bridgehead atoms. The Kier molecular flexibility index (Phi) is 10.4. The van der Waals surface area contributed by atoms with Crippen LogP contribution in [0.5, 0.6) is 0 Å². The Morgan fingerprint density at radius 3 is 2.42 bits per heavy atom. The van der Waals surface area contributed by atoms with Crippen LogP contribution in [0.1, 0.15) is 87.7 Å². The molecular weight excluding hydrogens is 632 g/mol. The maximum absolute atomic E-state index is 14.6. The molecule has 0 radical (unpaired) electrons. The molecule has 2 aromatic carbocycles. The predicted molar refractivity (Wildman–Crippen MR) is 191 cm³/mol. The molecule has 260 valence electrons. The Morgan fingerprint density at radius 1 is 0.960 bits per heavy atom. The summed E-state index contributed by atoms with van der Waals surface area (Å²) in [4.78, 5) is 49.8. The van der Waals surface area contributed by atoms with Gasteiger partial charge in [-0.1, -0.05) is 51.0 Å². The van der Waals surface area contributed by atoms with Gasteiger partial charge in [-0.25, -0.2) is 14.3 Å². The van der Waals surface area contributed by atoms with E-state index in [2.05, 4.69) is 29.2 Å². The van der Waals surface area contributed by atoms with Crippen LogP contribution in [0.2, 0.25) is 0 Å². The molecule has 0 saturated heterocycles. The zero-order valence-corrected chi connectivity index (χ0v) is 29.1. The Bertz CT molecular complexity index is 2020. The summed E-state index contributed by atoms with van der Waals surface area (Å²) in [6.07, 6.45) is 5.90. The summed E-state index contributed by atoms with van der Waals surface area (Å²) in [6, 6.07) is 17.8. The van der Waals surface area contributed by atoms with Gasteiger partial charge in [0.05, 0.1) is 29.3 Å². The monoisotopic (exact) mass is 676 g/mol. The molecule has 1 aliphatic rings. The van der Waals surface area contributed by atoms with Crippen LogP contribution < -0.4 is 5.32 Å². The van der Waals surface area contributed by atoms with Crippen LogP contribution in [0.3, 0.4) is 0 Å². The van der Waals surface area contributed by atoms with Gasteiger partial charge in [0, 0.05) is 44.3 Å². The quantitative estimate of drug-likeness (QED) is 0.183. The molecule has 0 saturated carbocycles. The second-order valence-corrected chi connectivity index (χ2v) is 12.9. The van der Waals surface area contributed by atoms with Gasteiger partial charge >= 0.3 is 0 Å². The van der Waals surface area contributed by atoms with Gasteiger partial charge in [0.1, 0.15) is 0 Å². The lowest BCUT2D eigenvalue weighted by Crippen LogP contribution is -2.46. The molecule has 1 aliphatic heterocycles. The largest absolute Gasteiger partial charge is 0.394 e. The number of unbranched alkanes of at least 4 members (excludes halogenated alkanes) is 2. The van der Waals surface area contributed by atoms with Crippen molar-refractivity contribution in [2.45, 2.75) is 65.5 Å². The van der Waals surface area contributed by atoms with Crippen LogP contribution >= 0.6 is 0 Å². The van der Waals surface area contributed by atoms with Crippen LogP contribution in [0.15, 0.2) is 66.9 Å². The lowest BCUT2D eigenvalue weighted by Gasteiger charge is -2.36. The van der Waals surface area contributed by atoms with E-state index in [4.69, 9.17) is 5.10 Å². The number of amides is 3. The highest BCUT2D eigenvalue weighted by molar-refractivity contribution is 6.11. The highest BCUT2D eigenvalue weighted by atomic mass is 16.3. The van der Waals surface area contributed by atoms with E-state index in [0.29, 0.717) is 59.9 Å². The number of carbonyl (C=O) groups is 3. The normalized spacial score (nSPS) is 14.1. The lowest BCUT2D eigenvalue weighted by atomic mass is 9.93. The third kappa shape index (κ3) is 6.88. The smallest absolute Gasteiger partial charge is 0.276 e. The number of pyridine rings is 1. The standard InChI is InChI=1S/C38H44N8O4/c1-5-7-18-44(19-8-6-2)38(50)32-20-25(3)46(41-32)33-16-15-28(40-36(48)34-30-14-11-17-39-35(30)43(4)42-34)22-31(33)37(49)45-23-27-13-10-9-12-26(27)21-29(45)24-47/h9-17,20,22,29,47H,5-8,18-19,21,23-24H2,1-4H3,(H,40,48). The summed E-state index contributed by atoms with van der Waals surface area (Å²) >= 11 is 0. The van der Waals surface area contributed by atoms with Gasteiger partial charge in [0.25, 0.3) is 17.7 Å². The summed E-state index contributed by atoms with van der Waals surface area (Å²) in [7, 11) is 1.73. The average molecular weight is 677 g/mol. The molecule has 1 atom stereocenters. The summed E-state index contributed by atoms with van der Waals surface area (Å²) in [5, 5.41) is 23.1. The first-order valence-electron chi connectivity index (χ1n) is 17.3. The van der Waals surface area contributed by atoms with E-state index in [0.717, 1.165) is 36.8 Å². The van der Waals surface area contributed by atoms with E-state index in [1.54, 1.807) is 63.9 Å². The fourth-order valence-electron chi connectivity index (χ4n) is 6.56. The minimum atomic E-state index is -0.447. The lowest BCUT2D eigenvalue weighted by molar-refractivity contribution is 0.0544. The Morgan fingerprint density at radius 2 is 1.70 bits per heavy atom. The molecule has 0 spiro atoms. The fraction of sp³-hybridized carbons (Fsp3) is 0.368. The molecule has 50 heavy (non-hydrogen) atoms. The Balaban J connectivity index is 1.39. The molecular formula is C38H44N8O4. The third-order valence-electron chi connectivity index (χ3n) is 9.31. The van der Waals surface area contributed by atoms with E-state index >= 15 is 0 Å². The average Bonchev–Trinajstić information content (AvgIpc) is 3.69. The second kappa shape index (κ2) is 15.0. The summed E-state index contributed by atoms with van der Waals surface area (Å²) in [5.74, 6) is -0.916. The molecule has 12 heteroatoms. The number of benzene rings is 2. The third-order valence-corrected chi connectivity index (χ3v) is 9.31. The SMILES string of the molecule is CCCCN(CCCC)C(=O)c1cc(C)n(-c2ccc(NC(=O)c3nn(C)c4ncccc34)cc2C(=O)N2Cc3ccccc3CC2CO)n1. The van der Waals surface area contributed by atoms with Gasteiger partial charge in [-0.2, -0.15) is 10.2 Å². The number of anilines is 1. The van der Waals surface area contributed by atoms with Crippen molar-refractivity contribution in [3.05, 3.63) is 101 Å². The fourth-order valence-corrected chi connectivity index (χ4v) is 6.56. The molecule has 6 rings (SSSR count). The van der Waals surface area contributed by atoms with Crippen molar-refractivity contribution in [3.63, 3.8) is 0 Å². The van der Waals surface area contributed by atoms with Crippen molar-refractivity contribution in [2.75, 3.05) is 25.0 Å². The topological polar surface area (TPSA) is 138 Å². The van der Waals surface area contributed by atoms with E-state index < -0.39 is 11.9 Å². The zero-order chi connectivity index (χ0) is 35.4. The first-order valence-corrected chi connectivity index (χ1v) is 17.3. The van der Waals surface area contributed by atoms with Crippen LogP contribution in [0.4, 0.5) is 5.69 Å².